The van der Waals surface area contributed by atoms with E-state index in [4.69, 9.17) is 0 Å². The van der Waals surface area contributed by atoms with Crippen LogP contribution in [0.5, 0.6) is 0 Å². The smallest absolute Gasteiger partial charge is 0.247 e. The molecule has 0 spiro atoms. The second-order valence-electron chi connectivity index (χ2n) is 14.7. The van der Waals surface area contributed by atoms with E-state index in [1.807, 2.05) is 0 Å². The Labute approximate surface area is 278 Å². The Morgan fingerprint density at radius 1 is 0.432 bits per heavy atom. The van der Waals surface area contributed by atoms with Crippen molar-refractivity contribution < 1.29 is 4.57 Å². The number of H-pyrrole nitrogens is 1. The summed E-state index contributed by atoms with van der Waals surface area (Å²) >= 11 is 0. The molecular weight excluding hydrogens is 532 g/mol. The van der Waals surface area contributed by atoms with Gasteiger partial charge in [0.15, 0.2) is 0 Å². The third-order valence-electron chi connectivity index (χ3n) is 10.4. The van der Waals surface area contributed by atoms with Crippen LogP contribution in [0.2, 0.25) is 0 Å². The molecule has 2 heteroatoms. The van der Waals surface area contributed by atoms with Crippen LogP contribution in [0, 0.1) is 0 Å². The van der Waals surface area contributed by atoms with Crippen molar-refractivity contribution in [2.75, 3.05) is 0 Å². The summed E-state index contributed by atoms with van der Waals surface area (Å²) in [6, 6.07) is 0.619. The molecule has 0 aliphatic carbocycles. The first-order valence-corrected chi connectivity index (χ1v) is 20.8. The van der Waals surface area contributed by atoms with Crippen LogP contribution in [0.3, 0.4) is 0 Å². The molecule has 1 N–H and O–H groups in total. The van der Waals surface area contributed by atoms with E-state index in [1.54, 1.807) is 0 Å². The molecule has 0 bridgehead atoms. The van der Waals surface area contributed by atoms with Crippen molar-refractivity contribution in [2.45, 2.75) is 252 Å². The standard InChI is InChI=1S/C42H82N2/c1-5-8-11-14-17-19-20-21-22-23-25-28-31-34-37-41(36-33-30-27-24-18-15-12-9-6-2)42-43-38-39-44(42)40(4)35-32-29-26-16-13-10-7-3/h38-41H,5-37H2,1-4H3/p+1. The lowest BCUT2D eigenvalue weighted by molar-refractivity contribution is -0.727. The molecule has 1 aromatic heterocycles. The molecule has 0 saturated heterocycles. The number of unbranched alkanes of at least 4 members (excludes halogenated alkanes) is 27. The minimum Gasteiger partial charge on any atom is -0.247 e. The van der Waals surface area contributed by atoms with Gasteiger partial charge in [-0.05, 0) is 32.6 Å². The van der Waals surface area contributed by atoms with Crippen molar-refractivity contribution in [3.63, 3.8) is 0 Å². The Bertz CT molecular complexity index is 679. The fourth-order valence-corrected chi connectivity index (χ4v) is 7.31. The molecule has 0 amide bonds. The molecule has 260 valence electrons. The van der Waals surface area contributed by atoms with E-state index in [2.05, 4.69) is 49.6 Å². The Kier molecular flexibility index (Phi) is 30.1. The van der Waals surface area contributed by atoms with E-state index in [1.165, 1.54) is 218 Å². The minimum atomic E-state index is 0.619. The summed E-state index contributed by atoms with van der Waals surface area (Å²) in [6.45, 7) is 9.42. The predicted molar refractivity (Wildman–Crippen MR) is 198 cm³/mol. The average Bonchev–Trinajstić information content (AvgIpc) is 3.52. The molecule has 0 saturated carbocycles. The van der Waals surface area contributed by atoms with Gasteiger partial charge in [-0.1, -0.05) is 207 Å². The summed E-state index contributed by atoms with van der Waals surface area (Å²) < 4.78 is 2.64. The van der Waals surface area contributed by atoms with Gasteiger partial charge in [0, 0.05) is 0 Å². The summed E-state index contributed by atoms with van der Waals surface area (Å²) in [4.78, 5) is 3.75. The number of rotatable bonds is 35. The van der Waals surface area contributed by atoms with Crippen molar-refractivity contribution in [3.8, 4) is 0 Å². The van der Waals surface area contributed by atoms with Gasteiger partial charge in [0.25, 0.3) is 5.82 Å². The second-order valence-corrected chi connectivity index (χ2v) is 14.7. The Balaban J connectivity index is 2.39. The van der Waals surface area contributed by atoms with Gasteiger partial charge in [-0.25, -0.2) is 9.55 Å². The van der Waals surface area contributed by atoms with Crippen molar-refractivity contribution in [3.05, 3.63) is 18.2 Å². The highest BCUT2D eigenvalue weighted by atomic mass is 15.1. The van der Waals surface area contributed by atoms with Crippen LogP contribution >= 0.6 is 0 Å². The van der Waals surface area contributed by atoms with Gasteiger partial charge in [-0.15, -0.1) is 0 Å². The number of hydrogen-bond acceptors (Lipinski definition) is 0. The number of nitrogens with zero attached hydrogens (tertiary/aromatic N) is 1. The Morgan fingerprint density at radius 2 is 0.727 bits per heavy atom. The zero-order valence-corrected chi connectivity index (χ0v) is 31.1. The van der Waals surface area contributed by atoms with Crippen molar-refractivity contribution in [1.82, 2.24) is 4.98 Å². The van der Waals surface area contributed by atoms with Gasteiger partial charge in [0.1, 0.15) is 12.4 Å². The molecule has 0 aromatic carbocycles. The van der Waals surface area contributed by atoms with Gasteiger partial charge in [0.05, 0.1) is 12.0 Å². The lowest BCUT2D eigenvalue weighted by Gasteiger charge is -2.17. The highest BCUT2D eigenvalue weighted by Crippen LogP contribution is 2.27. The first kappa shape index (κ1) is 41.2. The normalized spacial score (nSPS) is 13.1. The molecule has 0 aliphatic rings. The topological polar surface area (TPSA) is 19.7 Å². The maximum atomic E-state index is 3.75. The molecule has 1 heterocycles. The zero-order valence-electron chi connectivity index (χ0n) is 31.1. The van der Waals surface area contributed by atoms with E-state index in [0.29, 0.717) is 12.0 Å². The monoisotopic (exact) mass is 616 g/mol. The number of nitrogens with one attached hydrogen (secondary N) is 1. The molecule has 44 heavy (non-hydrogen) atoms. The molecular formula is C42H83N2+. The molecule has 2 nitrogen and oxygen atoms in total. The number of aromatic nitrogens is 2. The molecule has 2 unspecified atom stereocenters. The first-order valence-electron chi connectivity index (χ1n) is 20.8. The van der Waals surface area contributed by atoms with Gasteiger partial charge >= 0.3 is 0 Å². The summed E-state index contributed by atoms with van der Waals surface area (Å²) in [5.41, 5.74) is 0. The van der Waals surface area contributed by atoms with E-state index in [0.717, 1.165) is 0 Å². The van der Waals surface area contributed by atoms with Crippen LogP contribution in [0.4, 0.5) is 0 Å². The van der Waals surface area contributed by atoms with Crippen LogP contribution < -0.4 is 4.57 Å². The van der Waals surface area contributed by atoms with Crippen molar-refractivity contribution >= 4 is 0 Å². The Hall–Kier alpha value is -0.790. The highest BCUT2D eigenvalue weighted by Gasteiger charge is 2.25. The molecule has 2 atom stereocenters. The van der Waals surface area contributed by atoms with E-state index < -0.39 is 0 Å². The lowest BCUT2D eigenvalue weighted by atomic mass is 9.92. The lowest BCUT2D eigenvalue weighted by Crippen LogP contribution is -2.41. The van der Waals surface area contributed by atoms with E-state index in [-0.39, 0.29) is 0 Å². The summed E-state index contributed by atoms with van der Waals surface area (Å²) in [7, 11) is 0. The summed E-state index contributed by atoms with van der Waals surface area (Å²) in [5.74, 6) is 2.25. The summed E-state index contributed by atoms with van der Waals surface area (Å²) in [6.07, 6.45) is 51.7. The van der Waals surface area contributed by atoms with E-state index >= 15 is 0 Å². The largest absolute Gasteiger partial charge is 0.257 e. The fourth-order valence-electron chi connectivity index (χ4n) is 7.31. The third kappa shape index (κ3) is 23.5. The molecule has 1 rings (SSSR count). The predicted octanol–water partition coefficient (Wildman–Crippen LogP) is 14.9. The van der Waals surface area contributed by atoms with Crippen LogP contribution in [-0.4, -0.2) is 4.98 Å². The quantitative estimate of drug-likeness (QED) is 0.0579. The average molecular weight is 616 g/mol. The summed E-state index contributed by atoms with van der Waals surface area (Å²) in [5, 5.41) is 0. The number of hydrogen-bond donors (Lipinski definition) is 1. The SMILES string of the molecule is CCCCCCCCCCCCCCCCC(CCCCCCCCCCC)c1[nH]cc[n+]1C(C)CCCCCCCCC. The third-order valence-corrected chi connectivity index (χ3v) is 10.4. The van der Waals surface area contributed by atoms with Crippen molar-refractivity contribution in [2.24, 2.45) is 0 Å². The van der Waals surface area contributed by atoms with Crippen LogP contribution in [-0.2, 0) is 0 Å². The van der Waals surface area contributed by atoms with Crippen molar-refractivity contribution in [1.29, 1.82) is 0 Å². The zero-order chi connectivity index (χ0) is 31.8. The maximum absolute atomic E-state index is 3.75. The molecule has 0 aliphatic heterocycles. The second kappa shape index (κ2) is 32.2. The molecule has 1 aromatic rings. The number of imidazole rings is 1. The highest BCUT2D eigenvalue weighted by molar-refractivity contribution is 4.90. The number of aromatic amines is 1. The van der Waals surface area contributed by atoms with Crippen LogP contribution in [0.15, 0.2) is 12.4 Å². The minimum absolute atomic E-state index is 0.619. The van der Waals surface area contributed by atoms with Gasteiger partial charge in [-0.2, -0.15) is 0 Å². The van der Waals surface area contributed by atoms with Crippen LogP contribution in [0.25, 0.3) is 0 Å². The van der Waals surface area contributed by atoms with Gasteiger partial charge in [0.2, 0.25) is 0 Å². The fraction of sp³-hybridized carbons (Fsp3) is 0.929. The Morgan fingerprint density at radius 3 is 1.07 bits per heavy atom. The van der Waals surface area contributed by atoms with Crippen LogP contribution in [0.1, 0.15) is 257 Å². The molecule has 0 fully saturated rings. The van der Waals surface area contributed by atoms with Gasteiger partial charge in [-0.3, -0.25) is 0 Å². The molecule has 0 radical (unpaired) electrons. The first-order chi connectivity index (χ1) is 21.7. The van der Waals surface area contributed by atoms with E-state index in [9.17, 15) is 0 Å². The maximum Gasteiger partial charge on any atom is 0.257 e. The van der Waals surface area contributed by atoms with Gasteiger partial charge < -0.3 is 0 Å².